The quantitative estimate of drug-likeness (QED) is 0.0425. The first kappa shape index (κ1) is 52.2. The van der Waals surface area contributed by atoms with E-state index in [-0.39, 0.29) is 17.8 Å². The second kappa shape index (κ2) is 23.3. The molecule has 0 bridgehead atoms. The lowest BCUT2D eigenvalue weighted by Gasteiger charge is -2.39. The van der Waals surface area contributed by atoms with E-state index in [1.54, 1.807) is 12.1 Å². The van der Waals surface area contributed by atoms with Crippen LogP contribution in [0.25, 0.3) is 21.5 Å². The van der Waals surface area contributed by atoms with Gasteiger partial charge in [-0.3, -0.25) is 14.6 Å². The summed E-state index contributed by atoms with van der Waals surface area (Å²) in [6, 6.07) is 25.2. The molecule has 2 aromatic heterocycles. The summed E-state index contributed by atoms with van der Waals surface area (Å²) < 4.78 is 19.4. The number of anilines is 4. The van der Waals surface area contributed by atoms with Gasteiger partial charge in [-0.2, -0.15) is 19.9 Å². The molecule has 18 heteroatoms. The molecule has 10 rings (SSSR count). The minimum absolute atomic E-state index is 0.0486. The minimum atomic E-state index is -0.682. The minimum Gasteiger partial charge on any atom is -0.508 e. The van der Waals surface area contributed by atoms with Gasteiger partial charge in [0, 0.05) is 124 Å². The molecule has 4 aliphatic rings. The van der Waals surface area contributed by atoms with Gasteiger partial charge >= 0.3 is 12.0 Å². The van der Waals surface area contributed by atoms with Crippen LogP contribution in [-0.2, 0) is 30.7 Å². The number of nitrogens with zero attached hydrogens (tertiary/aromatic N) is 12. The lowest BCUT2D eigenvalue weighted by atomic mass is 10.0. The van der Waals surface area contributed by atoms with E-state index in [4.69, 9.17) is 34.1 Å². The van der Waals surface area contributed by atoms with Crippen LogP contribution in [0.15, 0.2) is 98.1 Å². The molecular formula is C58H72N12O6. The molecule has 0 radical (unpaired) electrons. The van der Waals surface area contributed by atoms with Gasteiger partial charge in [-0.05, 0) is 82.4 Å². The van der Waals surface area contributed by atoms with Gasteiger partial charge in [0.25, 0.3) is 0 Å². The van der Waals surface area contributed by atoms with Crippen molar-refractivity contribution in [2.45, 2.75) is 51.6 Å². The van der Waals surface area contributed by atoms with Crippen LogP contribution in [0.2, 0.25) is 0 Å². The van der Waals surface area contributed by atoms with Crippen molar-refractivity contribution >= 4 is 50.5 Å². The molecule has 4 aromatic carbocycles. The number of piperazine rings is 2. The number of phenolic OH excluding ortho intramolecular Hbond substituents is 1. The van der Waals surface area contributed by atoms with Crippen LogP contribution in [0.5, 0.6) is 23.5 Å². The zero-order chi connectivity index (χ0) is 52.9. The lowest BCUT2D eigenvalue weighted by Crippen LogP contribution is -2.50. The normalized spacial score (nSPS) is 17.0. The number of likely N-dealkylation sites (N-methyl/N-ethyl adjacent to an activating group) is 1. The maximum Gasteiger partial charge on any atom is 0.318 e. The molecule has 0 spiro atoms. The van der Waals surface area contributed by atoms with Gasteiger partial charge in [0.05, 0.1) is 31.1 Å². The van der Waals surface area contributed by atoms with Gasteiger partial charge in [-0.25, -0.2) is 0 Å². The Morgan fingerprint density at radius 2 is 1.29 bits per heavy atom. The maximum atomic E-state index is 12.4. The fourth-order valence-electron chi connectivity index (χ4n) is 11.1. The van der Waals surface area contributed by atoms with E-state index in [0.717, 1.165) is 112 Å². The van der Waals surface area contributed by atoms with Crippen molar-refractivity contribution in [3.05, 3.63) is 121 Å². The standard InChI is InChI=1S/C58H72N12O6/c1-7-53(72)65-23-27-67(28-24-65)55-47-18-21-69(51-34-43(71)32-41-14-9-11-16-45(41)51)37-49(47)59-57(61-55)74-31-13-20-64(6)39-75-44-33-42-15-10-12-17-46(42)52(35-44)70-22-19-48-50(38-70)60-58(76-40(3)36-63(4)5)62-56(48)68-29-25-66(26-30-68)54(73)8-2/h7-12,14-17,32-35,40,53,71-72H,1-2,13,18-31,36-39H2,3-6H3. The Balaban J connectivity index is 0.810. The molecule has 18 nitrogen and oxygen atoms in total. The number of hydrogen-bond acceptors (Lipinski definition) is 17. The van der Waals surface area contributed by atoms with Gasteiger partial charge in [0.2, 0.25) is 5.91 Å². The molecule has 76 heavy (non-hydrogen) atoms. The average molecular weight is 1030 g/mol. The van der Waals surface area contributed by atoms with Crippen molar-refractivity contribution in [2.75, 3.05) is 133 Å². The average Bonchev–Trinajstić information content (AvgIpc) is 3.47. The Hall–Kier alpha value is -7.25. The lowest BCUT2D eigenvalue weighted by molar-refractivity contribution is -0.126. The number of hydrogen-bond donors (Lipinski definition) is 2. The third-order valence-electron chi connectivity index (χ3n) is 14.9. The van der Waals surface area contributed by atoms with Gasteiger partial charge in [-0.1, -0.05) is 61.7 Å². The van der Waals surface area contributed by atoms with Crippen LogP contribution < -0.4 is 33.8 Å². The number of aliphatic hydroxyl groups is 1. The zero-order valence-electron chi connectivity index (χ0n) is 44.5. The number of aromatic nitrogens is 4. The number of amides is 1. The van der Waals surface area contributed by atoms with Crippen molar-refractivity contribution in [1.82, 2.24) is 39.5 Å². The van der Waals surface area contributed by atoms with E-state index < -0.39 is 6.23 Å². The molecule has 1 amide bonds. The Labute approximate surface area is 446 Å². The van der Waals surface area contributed by atoms with Crippen LogP contribution in [0.4, 0.5) is 23.0 Å². The predicted molar refractivity (Wildman–Crippen MR) is 299 cm³/mol. The summed E-state index contributed by atoms with van der Waals surface area (Å²) in [6.07, 6.45) is 4.36. The number of carbonyl (C=O) groups excluding carboxylic acids is 1. The topological polar surface area (TPSA) is 163 Å². The molecule has 2 atom stereocenters. The first-order valence-corrected chi connectivity index (χ1v) is 26.7. The van der Waals surface area contributed by atoms with Gasteiger partial charge in [-0.15, -0.1) is 0 Å². The number of benzene rings is 4. The van der Waals surface area contributed by atoms with E-state index >= 15 is 0 Å². The molecule has 4 aliphatic heterocycles. The predicted octanol–water partition coefficient (Wildman–Crippen LogP) is 5.93. The van der Waals surface area contributed by atoms with E-state index in [9.17, 15) is 15.0 Å². The van der Waals surface area contributed by atoms with E-state index in [0.29, 0.717) is 97.4 Å². The van der Waals surface area contributed by atoms with Crippen LogP contribution in [0, 0.1) is 0 Å². The number of rotatable bonds is 19. The summed E-state index contributed by atoms with van der Waals surface area (Å²) in [5, 5.41) is 25.5. The Morgan fingerprint density at radius 3 is 1.91 bits per heavy atom. The first-order valence-electron chi connectivity index (χ1n) is 26.7. The monoisotopic (exact) mass is 1030 g/mol. The first-order chi connectivity index (χ1) is 36.9. The number of aromatic hydroxyl groups is 1. The summed E-state index contributed by atoms with van der Waals surface area (Å²) in [4.78, 5) is 50.0. The van der Waals surface area contributed by atoms with E-state index in [2.05, 4.69) is 85.0 Å². The third kappa shape index (κ3) is 11.7. The summed E-state index contributed by atoms with van der Waals surface area (Å²) >= 11 is 0. The van der Waals surface area contributed by atoms with Crippen LogP contribution in [0.1, 0.15) is 35.9 Å². The van der Waals surface area contributed by atoms with E-state index in [1.165, 1.54) is 6.08 Å². The smallest absolute Gasteiger partial charge is 0.318 e. The summed E-state index contributed by atoms with van der Waals surface area (Å²) in [5.41, 5.74) is 6.14. The highest BCUT2D eigenvalue weighted by atomic mass is 16.5. The molecule has 2 saturated heterocycles. The summed E-state index contributed by atoms with van der Waals surface area (Å²) in [6.45, 7) is 19.7. The third-order valence-corrected chi connectivity index (χ3v) is 14.9. The zero-order valence-corrected chi connectivity index (χ0v) is 44.5. The number of fused-ring (bicyclic) bond motifs is 4. The van der Waals surface area contributed by atoms with Crippen molar-refractivity contribution in [1.29, 1.82) is 0 Å². The maximum absolute atomic E-state index is 12.4. The van der Waals surface area contributed by atoms with Gasteiger partial charge in [0.15, 0.2) is 0 Å². The van der Waals surface area contributed by atoms with Crippen molar-refractivity contribution in [3.63, 3.8) is 0 Å². The van der Waals surface area contributed by atoms with Crippen molar-refractivity contribution in [3.8, 4) is 23.5 Å². The number of carbonyl (C=O) groups is 1. The molecule has 0 saturated carbocycles. The van der Waals surface area contributed by atoms with Crippen LogP contribution >= 0.6 is 0 Å². The van der Waals surface area contributed by atoms with Crippen molar-refractivity contribution in [2.24, 2.45) is 0 Å². The highest BCUT2D eigenvalue weighted by Crippen LogP contribution is 2.39. The second-order valence-corrected chi connectivity index (χ2v) is 20.6. The van der Waals surface area contributed by atoms with Gasteiger partial charge in [0.1, 0.15) is 42.2 Å². The largest absolute Gasteiger partial charge is 0.508 e. The molecule has 0 aliphatic carbocycles. The van der Waals surface area contributed by atoms with Crippen molar-refractivity contribution < 1.29 is 29.2 Å². The number of aliphatic hydroxyl groups excluding tert-OH is 1. The molecule has 2 N–H and O–H groups in total. The molecule has 400 valence electrons. The Morgan fingerprint density at radius 1 is 0.711 bits per heavy atom. The van der Waals surface area contributed by atoms with Crippen LogP contribution in [0.3, 0.4) is 0 Å². The number of phenols is 1. The fourth-order valence-corrected chi connectivity index (χ4v) is 11.1. The second-order valence-electron chi connectivity index (χ2n) is 20.6. The molecule has 6 heterocycles. The fraction of sp³-hybridized carbons (Fsp3) is 0.431. The molecular weight excluding hydrogens is 961 g/mol. The molecule has 2 unspecified atom stereocenters. The van der Waals surface area contributed by atoms with Crippen LogP contribution in [-0.4, -0.2) is 181 Å². The Kier molecular flexibility index (Phi) is 16.0. The van der Waals surface area contributed by atoms with Gasteiger partial charge < -0.3 is 53.8 Å². The van der Waals surface area contributed by atoms with E-state index in [1.807, 2.05) is 62.1 Å². The Bertz CT molecular complexity index is 3050. The summed E-state index contributed by atoms with van der Waals surface area (Å²) in [7, 11) is 6.10. The molecule has 2 fully saturated rings. The molecule has 6 aromatic rings. The highest BCUT2D eigenvalue weighted by Gasteiger charge is 2.32. The highest BCUT2D eigenvalue weighted by molar-refractivity contribution is 5.97. The SMILES string of the molecule is C=CC(=O)N1CCN(c2nc(OC(C)CN(C)C)nc3c2CCN(c2cc(OCN(C)CCCOc4nc5c(c(N6CCN(C(O)C=C)CC6)n4)CCN(c4cc(O)cc6ccccc46)C5)cc4ccccc24)C3)CC1. The number of ether oxygens (including phenoxy) is 3. The summed E-state index contributed by atoms with van der Waals surface area (Å²) in [5.74, 6) is 2.74.